The maximum atomic E-state index is 11.1. The molecule has 1 heterocycles. The molecular formula is C8H11NO4. The zero-order valence-corrected chi connectivity index (χ0v) is 6.84. The van der Waals surface area contributed by atoms with Crippen molar-refractivity contribution in [1.29, 1.82) is 0 Å². The van der Waals surface area contributed by atoms with E-state index < -0.39 is 24.4 Å². The second kappa shape index (κ2) is 4.18. The van der Waals surface area contributed by atoms with Crippen molar-refractivity contribution in [1.82, 2.24) is 4.98 Å². The first-order chi connectivity index (χ1) is 6.16. The lowest BCUT2D eigenvalue weighted by Crippen LogP contribution is -2.27. The monoisotopic (exact) mass is 185 g/mol. The zero-order valence-electron chi connectivity index (χ0n) is 6.84. The van der Waals surface area contributed by atoms with Crippen molar-refractivity contribution in [3.8, 4) is 0 Å². The summed E-state index contributed by atoms with van der Waals surface area (Å²) in [6.07, 6.45) is -1.26. The second-order valence-corrected chi connectivity index (χ2v) is 2.65. The minimum atomic E-state index is -1.35. The van der Waals surface area contributed by atoms with Gasteiger partial charge in [-0.15, -0.1) is 0 Å². The molecule has 2 atom stereocenters. The standard InChI is InChI=1S/C8H11NO4/c10-4-6(11)7(12)5-2-1-3-9-8(5)13/h1-3,6-7,10-12H,4H2,(H,9,13). The van der Waals surface area contributed by atoms with Crippen LogP contribution in [0.15, 0.2) is 23.1 Å². The number of aromatic nitrogens is 1. The molecule has 0 fully saturated rings. The predicted molar refractivity (Wildman–Crippen MR) is 45.1 cm³/mol. The Balaban J connectivity index is 2.95. The fourth-order valence-corrected chi connectivity index (χ4v) is 0.975. The van der Waals surface area contributed by atoms with Crippen molar-refractivity contribution in [2.75, 3.05) is 6.61 Å². The van der Waals surface area contributed by atoms with E-state index in [9.17, 15) is 9.90 Å². The van der Waals surface area contributed by atoms with Crippen molar-refractivity contribution in [3.63, 3.8) is 0 Å². The molecule has 1 aromatic rings. The van der Waals surface area contributed by atoms with Gasteiger partial charge < -0.3 is 20.3 Å². The molecule has 5 nitrogen and oxygen atoms in total. The van der Waals surface area contributed by atoms with E-state index in [1.165, 1.54) is 18.3 Å². The van der Waals surface area contributed by atoms with Crippen LogP contribution in [0.2, 0.25) is 0 Å². The Morgan fingerprint density at radius 3 is 2.69 bits per heavy atom. The smallest absolute Gasteiger partial charge is 0.253 e. The first kappa shape index (κ1) is 9.91. The van der Waals surface area contributed by atoms with Crippen LogP contribution in [-0.2, 0) is 0 Å². The number of H-pyrrole nitrogens is 1. The highest BCUT2D eigenvalue weighted by molar-refractivity contribution is 5.13. The molecule has 0 saturated heterocycles. The van der Waals surface area contributed by atoms with Gasteiger partial charge in [-0.05, 0) is 12.1 Å². The van der Waals surface area contributed by atoms with Crippen LogP contribution in [0.3, 0.4) is 0 Å². The van der Waals surface area contributed by atoms with E-state index in [1.807, 2.05) is 0 Å². The Morgan fingerprint density at radius 2 is 2.15 bits per heavy atom. The highest BCUT2D eigenvalue weighted by atomic mass is 16.4. The van der Waals surface area contributed by atoms with Crippen LogP contribution in [0.25, 0.3) is 0 Å². The summed E-state index contributed by atoms with van der Waals surface area (Å²) >= 11 is 0. The molecule has 0 bridgehead atoms. The van der Waals surface area contributed by atoms with Crippen LogP contribution >= 0.6 is 0 Å². The normalized spacial score (nSPS) is 15.3. The number of pyridine rings is 1. The molecule has 4 N–H and O–H groups in total. The molecule has 0 aliphatic carbocycles. The predicted octanol–water partition coefficient (Wildman–Crippen LogP) is -1.24. The van der Waals surface area contributed by atoms with E-state index in [1.54, 1.807) is 0 Å². The Hall–Kier alpha value is -1.17. The number of rotatable bonds is 3. The van der Waals surface area contributed by atoms with Gasteiger partial charge in [0.25, 0.3) is 5.56 Å². The molecule has 0 spiro atoms. The fourth-order valence-electron chi connectivity index (χ4n) is 0.975. The van der Waals surface area contributed by atoms with Gasteiger partial charge in [0, 0.05) is 11.8 Å². The summed E-state index contributed by atoms with van der Waals surface area (Å²) < 4.78 is 0. The third kappa shape index (κ3) is 2.15. The summed E-state index contributed by atoms with van der Waals surface area (Å²) in [5.74, 6) is 0. The molecule has 0 saturated carbocycles. The van der Waals surface area contributed by atoms with E-state index in [0.717, 1.165) is 0 Å². The van der Waals surface area contributed by atoms with Gasteiger partial charge in [0.15, 0.2) is 0 Å². The number of aliphatic hydroxyl groups excluding tert-OH is 3. The Labute approximate surface area is 74.3 Å². The van der Waals surface area contributed by atoms with Crippen LogP contribution in [0.5, 0.6) is 0 Å². The summed E-state index contributed by atoms with van der Waals surface area (Å²) in [5.41, 5.74) is -0.424. The van der Waals surface area contributed by atoms with Gasteiger partial charge in [0.2, 0.25) is 0 Å². The Morgan fingerprint density at radius 1 is 1.46 bits per heavy atom. The number of hydrogen-bond donors (Lipinski definition) is 4. The molecule has 1 rings (SSSR count). The van der Waals surface area contributed by atoms with Gasteiger partial charge >= 0.3 is 0 Å². The molecule has 0 aliphatic rings. The van der Waals surface area contributed by atoms with E-state index in [2.05, 4.69) is 4.98 Å². The van der Waals surface area contributed by atoms with Gasteiger partial charge in [-0.3, -0.25) is 4.79 Å². The van der Waals surface area contributed by atoms with E-state index in [0.29, 0.717) is 0 Å². The molecule has 72 valence electrons. The molecule has 13 heavy (non-hydrogen) atoms. The third-order valence-corrected chi connectivity index (χ3v) is 1.72. The van der Waals surface area contributed by atoms with Crippen molar-refractivity contribution >= 4 is 0 Å². The van der Waals surface area contributed by atoms with Gasteiger partial charge in [-0.1, -0.05) is 0 Å². The molecule has 1 aromatic heterocycles. The Bertz CT molecular complexity index is 322. The van der Waals surface area contributed by atoms with Crippen molar-refractivity contribution < 1.29 is 15.3 Å². The largest absolute Gasteiger partial charge is 0.394 e. The molecule has 2 unspecified atom stereocenters. The number of hydrogen-bond acceptors (Lipinski definition) is 4. The highest BCUT2D eigenvalue weighted by Crippen LogP contribution is 2.11. The van der Waals surface area contributed by atoms with Gasteiger partial charge in [-0.25, -0.2) is 0 Å². The number of nitrogens with one attached hydrogen (secondary N) is 1. The van der Waals surface area contributed by atoms with Gasteiger partial charge in [0.1, 0.15) is 12.2 Å². The Kier molecular flexibility index (Phi) is 3.18. The first-order valence-electron chi connectivity index (χ1n) is 3.81. The van der Waals surface area contributed by atoms with Crippen LogP contribution in [0.1, 0.15) is 11.7 Å². The lowest BCUT2D eigenvalue weighted by atomic mass is 10.1. The average Bonchev–Trinajstić information content (AvgIpc) is 2.16. The zero-order chi connectivity index (χ0) is 9.84. The highest BCUT2D eigenvalue weighted by Gasteiger charge is 2.19. The van der Waals surface area contributed by atoms with Crippen LogP contribution < -0.4 is 5.56 Å². The van der Waals surface area contributed by atoms with Crippen LogP contribution in [0, 0.1) is 0 Å². The third-order valence-electron chi connectivity index (χ3n) is 1.72. The lowest BCUT2D eigenvalue weighted by Gasteiger charge is -2.14. The number of aromatic amines is 1. The SMILES string of the molecule is O=c1[nH]cccc1C(O)C(O)CO. The fraction of sp³-hybridized carbons (Fsp3) is 0.375. The topological polar surface area (TPSA) is 93.6 Å². The van der Waals surface area contributed by atoms with Gasteiger partial charge in [0.05, 0.1) is 6.61 Å². The molecule has 0 amide bonds. The van der Waals surface area contributed by atoms with E-state index in [4.69, 9.17) is 10.2 Å². The van der Waals surface area contributed by atoms with Crippen molar-refractivity contribution in [3.05, 3.63) is 34.2 Å². The van der Waals surface area contributed by atoms with Crippen LogP contribution in [0.4, 0.5) is 0 Å². The molecule has 5 heteroatoms. The maximum Gasteiger partial charge on any atom is 0.253 e. The first-order valence-corrected chi connectivity index (χ1v) is 3.81. The molecule has 0 aliphatic heterocycles. The average molecular weight is 185 g/mol. The van der Waals surface area contributed by atoms with Gasteiger partial charge in [-0.2, -0.15) is 0 Å². The number of aliphatic hydroxyl groups is 3. The summed E-state index contributed by atoms with van der Waals surface area (Å²) in [6.45, 7) is -0.588. The summed E-state index contributed by atoms with van der Waals surface area (Å²) in [7, 11) is 0. The summed E-state index contributed by atoms with van der Waals surface area (Å²) in [5, 5.41) is 26.9. The molecule has 0 aromatic carbocycles. The second-order valence-electron chi connectivity index (χ2n) is 2.65. The van der Waals surface area contributed by atoms with Crippen molar-refractivity contribution in [2.45, 2.75) is 12.2 Å². The minimum absolute atomic E-state index is 0.0454. The van der Waals surface area contributed by atoms with Crippen molar-refractivity contribution in [2.24, 2.45) is 0 Å². The van der Waals surface area contributed by atoms with E-state index >= 15 is 0 Å². The summed E-state index contributed by atoms with van der Waals surface area (Å²) in [4.78, 5) is 13.4. The van der Waals surface area contributed by atoms with E-state index in [-0.39, 0.29) is 5.56 Å². The molecule has 0 radical (unpaired) electrons. The maximum absolute atomic E-state index is 11.1. The quantitative estimate of drug-likeness (QED) is 0.474. The lowest BCUT2D eigenvalue weighted by molar-refractivity contribution is -0.0159. The summed E-state index contributed by atoms with van der Waals surface area (Å²) in [6, 6.07) is 2.92. The molecular weight excluding hydrogens is 174 g/mol. The minimum Gasteiger partial charge on any atom is -0.394 e. The van der Waals surface area contributed by atoms with Crippen LogP contribution in [-0.4, -0.2) is 33.0 Å².